The summed E-state index contributed by atoms with van der Waals surface area (Å²) in [6.07, 6.45) is 3.41. The van der Waals surface area contributed by atoms with Crippen LogP contribution in [0.25, 0.3) is 55.5 Å². The van der Waals surface area contributed by atoms with Crippen molar-refractivity contribution in [1.82, 2.24) is 9.97 Å². The van der Waals surface area contributed by atoms with Gasteiger partial charge in [-0.3, -0.25) is 9.37 Å². The van der Waals surface area contributed by atoms with Crippen molar-refractivity contribution in [2.45, 2.75) is 0 Å². The topological polar surface area (TPSA) is 25.8 Å². The number of aromatic nitrogens is 2. The van der Waals surface area contributed by atoms with Gasteiger partial charge in [-0.1, -0.05) is 102 Å². The van der Waals surface area contributed by atoms with Crippen molar-refractivity contribution in [3.8, 4) is 44.8 Å². The summed E-state index contributed by atoms with van der Waals surface area (Å²) in [5.74, 6) is -1.24. The monoisotopic (exact) mass is 757 g/mol. The third-order valence-corrected chi connectivity index (χ3v) is 6.86. The standard InChI is InChI=1S/C27H16F2N.C11H7FN.Ir/c28-24-11-10-22-14-23(15-26(29)25(22)17-24)27-16-21(12-13-30-27)20-8-6-19(7-9-20)18-4-2-1-3-5-18;12-10-6-4-9(5-7-10)11-3-1-2-8-13-11;/h1-13,15-17H;1-4,6-8H;/q2*-1;. The zero-order valence-electron chi connectivity index (χ0n) is 23.1. The van der Waals surface area contributed by atoms with Crippen LogP contribution in [0.2, 0.25) is 0 Å². The van der Waals surface area contributed by atoms with Crippen LogP contribution in [0.15, 0.2) is 140 Å². The average molecular weight is 757 g/mol. The van der Waals surface area contributed by atoms with E-state index in [4.69, 9.17) is 0 Å². The molecular formula is C38H23F3IrN2-2. The van der Waals surface area contributed by atoms with Gasteiger partial charge < -0.3 is 4.98 Å². The van der Waals surface area contributed by atoms with E-state index in [1.165, 1.54) is 36.4 Å². The number of halogens is 3. The maximum absolute atomic E-state index is 14.5. The van der Waals surface area contributed by atoms with Crippen molar-refractivity contribution in [3.05, 3.63) is 169 Å². The summed E-state index contributed by atoms with van der Waals surface area (Å²) in [7, 11) is 0. The van der Waals surface area contributed by atoms with Crippen LogP contribution >= 0.6 is 0 Å². The Bertz CT molecular complexity index is 1980. The van der Waals surface area contributed by atoms with Gasteiger partial charge in [-0.25, -0.2) is 8.78 Å². The van der Waals surface area contributed by atoms with E-state index in [1.54, 1.807) is 18.5 Å². The van der Waals surface area contributed by atoms with Crippen LogP contribution in [-0.4, -0.2) is 9.97 Å². The van der Waals surface area contributed by atoms with Crippen LogP contribution in [0.3, 0.4) is 0 Å². The Morgan fingerprint density at radius 1 is 0.500 bits per heavy atom. The summed E-state index contributed by atoms with van der Waals surface area (Å²) in [5.41, 5.74) is 7.10. The molecule has 0 aliphatic heterocycles. The van der Waals surface area contributed by atoms with E-state index in [0.717, 1.165) is 33.5 Å². The number of hydrogen-bond acceptors (Lipinski definition) is 2. The summed E-state index contributed by atoms with van der Waals surface area (Å²) in [4.78, 5) is 8.52. The molecule has 2 aromatic heterocycles. The molecule has 217 valence electrons. The zero-order valence-corrected chi connectivity index (χ0v) is 25.5. The summed E-state index contributed by atoms with van der Waals surface area (Å²) in [6.45, 7) is 0. The first kappa shape index (κ1) is 30.6. The number of pyridine rings is 2. The van der Waals surface area contributed by atoms with E-state index in [1.807, 2.05) is 48.5 Å². The van der Waals surface area contributed by atoms with Crippen LogP contribution in [0.1, 0.15) is 0 Å². The minimum atomic E-state index is -0.488. The van der Waals surface area contributed by atoms with Gasteiger partial charge in [0.2, 0.25) is 0 Å². The molecule has 0 bridgehead atoms. The maximum Gasteiger partial charge on any atom is 0.109 e. The van der Waals surface area contributed by atoms with Gasteiger partial charge in [0.05, 0.1) is 5.82 Å². The molecule has 0 saturated heterocycles. The van der Waals surface area contributed by atoms with Gasteiger partial charge in [0.1, 0.15) is 5.82 Å². The fourth-order valence-electron chi connectivity index (χ4n) is 4.68. The maximum atomic E-state index is 14.5. The molecule has 7 aromatic rings. The molecule has 44 heavy (non-hydrogen) atoms. The van der Waals surface area contributed by atoms with Crippen LogP contribution in [-0.2, 0) is 20.1 Å². The summed E-state index contributed by atoms with van der Waals surface area (Å²) in [6, 6.07) is 43.6. The normalized spacial score (nSPS) is 10.4. The second-order valence-corrected chi connectivity index (χ2v) is 9.73. The Morgan fingerprint density at radius 2 is 1.18 bits per heavy atom. The Morgan fingerprint density at radius 3 is 1.89 bits per heavy atom. The minimum absolute atomic E-state index is 0. The second kappa shape index (κ2) is 14.0. The van der Waals surface area contributed by atoms with Crippen molar-refractivity contribution >= 4 is 10.8 Å². The number of fused-ring (bicyclic) bond motifs is 1. The zero-order chi connectivity index (χ0) is 29.6. The second-order valence-electron chi connectivity index (χ2n) is 9.73. The fourth-order valence-corrected chi connectivity index (χ4v) is 4.68. The Balaban J connectivity index is 0.000000230. The van der Waals surface area contributed by atoms with Crippen molar-refractivity contribution in [2.75, 3.05) is 0 Å². The first-order valence-electron chi connectivity index (χ1n) is 13.6. The Kier molecular flexibility index (Phi) is 9.75. The van der Waals surface area contributed by atoms with Crippen molar-refractivity contribution in [1.29, 1.82) is 0 Å². The van der Waals surface area contributed by atoms with Crippen LogP contribution in [0.4, 0.5) is 13.2 Å². The molecule has 0 atom stereocenters. The van der Waals surface area contributed by atoms with Gasteiger partial charge >= 0.3 is 0 Å². The van der Waals surface area contributed by atoms with Gasteiger partial charge in [0, 0.05) is 44.0 Å². The third-order valence-electron chi connectivity index (χ3n) is 6.86. The predicted octanol–water partition coefficient (Wildman–Crippen LogP) is 10.00. The Hall–Kier alpha value is -4.90. The van der Waals surface area contributed by atoms with Gasteiger partial charge in [-0.15, -0.1) is 47.3 Å². The molecule has 0 amide bonds. The molecule has 0 fully saturated rings. The largest absolute Gasteiger partial charge is 0.305 e. The van der Waals surface area contributed by atoms with Crippen LogP contribution in [0.5, 0.6) is 0 Å². The smallest absolute Gasteiger partial charge is 0.109 e. The van der Waals surface area contributed by atoms with Crippen LogP contribution in [0, 0.1) is 29.6 Å². The van der Waals surface area contributed by atoms with E-state index in [9.17, 15) is 13.2 Å². The van der Waals surface area contributed by atoms with Crippen molar-refractivity contribution in [3.63, 3.8) is 0 Å². The van der Waals surface area contributed by atoms with Gasteiger partial charge in [0.15, 0.2) is 0 Å². The van der Waals surface area contributed by atoms with E-state index < -0.39 is 11.6 Å². The van der Waals surface area contributed by atoms with E-state index in [0.29, 0.717) is 16.6 Å². The van der Waals surface area contributed by atoms with Crippen LogP contribution < -0.4 is 0 Å². The minimum Gasteiger partial charge on any atom is -0.305 e. The molecule has 0 aliphatic rings. The molecular weight excluding hydrogens is 734 g/mol. The van der Waals surface area contributed by atoms with E-state index in [-0.39, 0.29) is 31.3 Å². The summed E-state index contributed by atoms with van der Waals surface area (Å²) < 4.78 is 40.5. The van der Waals surface area contributed by atoms with E-state index in [2.05, 4.69) is 58.5 Å². The molecule has 7 rings (SSSR count). The van der Waals surface area contributed by atoms with Gasteiger partial charge in [-0.2, -0.15) is 0 Å². The van der Waals surface area contributed by atoms with Crippen molar-refractivity contribution in [2.24, 2.45) is 0 Å². The van der Waals surface area contributed by atoms with Gasteiger partial charge in [-0.05, 0) is 40.1 Å². The fraction of sp³-hybridized carbons (Fsp3) is 0. The number of nitrogens with zero attached hydrogens (tertiary/aromatic N) is 2. The molecule has 0 spiro atoms. The molecule has 2 heterocycles. The molecule has 0 saturated carbocycles. The van der Waals surface area contributed by atoms with Gasteiger partial charge in [0.25, 0.3) is 0 Å². The first-order valence-corrected chi connectivity index (χ1v) is 13.6. The quantitative estimate of drug-likeness (QED) is 0.167. The molecule has 0 unspecified atom stereocenters. The SMILES string of the molecule is Fc1c[c-]c(-c2ccccn2)cc1.Fc1ccc2[c-]c(-c3cc(-c4ccc(-c5ccccc5)cc4)ccn3)cc(F)c2c1.[Ir]. The third kappa shape index (κ3) is 7.17. The molecule has 1 radical (unpaired) electrons. The van der Waals surface area contributed by atoms with E-state index >= 15 is 0 Å². The number of benzene rings is 5. The number of rotatable bonds is 4. The molecule has 0 aliphatic carbocycles. The molecule has 5 aromatic carbocycles. The summed E-state index contributed by atoms with van der Waals surface area (Å²) in [5, 5.41) is 0.734. The molecule has 6 heteroatoms. The summed E-state index contributed by atoms with van der Waals surface area (Å²) >= 11 is 0. The first-order chi connectivity index (χ1) is 21.0. The van der Waals surface area contributed by atoms with Crippen molar-refractivity contribution < 1.29 is 33.3 Å². The molecule has 2 nitrogen and oxygen atoms in total. The predicted molar refractivity (Wildman–Crippen MR) is 165 cm³/mol. The number of hydrogen-bond donors (Lipinski definition) is 0. The molecule has 0 N–H and O–H groups in total. The average Bonchev–Trinajstić information content (AvgIpc) is 3.07. The Labute approximate surface area is 267 Å².